The average molecular weight is 417 g/mol. The molecule has 0 radical (unpaired) electrons. The molecule has 2 aromatic rings. The number of carbonyl (C=O) groups excluding carboxylic acids is 2. The Kier molecular flexibility index (Phi) is 5.34. The molecule has 0 fully saturated rings. The Hall–Kier alpha value is -3.33. The number of esters is 1. The molecule has 0 aromatic heterocycles. The molecule has 0 spiro atoms. The van der Waals surface area contributed by atoms with Gasteiger partial charge in [-0.1, -0.05) is 36.4 Å². The van der Waals surface area contributed by atoms with E-state index in [0.717, 1.165) is 6.92 Å². The summed E-state index contributed by atoms with van der Waals surface area (Å²) in [5.74, 6) is -2.15. The molecule has 1 aliphatic rings. The predicted octanol–water partition coefficient (Wildman–Crippen LogP) is 2.22. The molecule has 0 saturated heterocycles. The molecule has 152 valence electrons. The standard InChI is InChI=1S/C20H19NO7S/c1-13(22)27-17-18(23)20(2,15-11-7-8-12-16(15)26-3)28-19(17)21-29(24,25)14-9-5-4-6-10-14/h4-12,21H,1-3H3. The van der Waals surface area contributed by atoms with Gasteiger partial charge >= 0.3 is 5.97 Å². The van der Waals surface area contributed by atoms with Crippen LogP contribution in [0.25, 0.3) is 0 Å². The molecule has 1 atom stereocenters. The van der Waals surface area contributed by atoms with Crippen LogP contribution in [-0.4, -0.2) is 27.3 Å². The molecule has 29 heavy (non-hydrogen) atoms. The number of hydrogen-bond acceptors (Lipinski definition) is 7. The van der Waals surface area contributed by atoms with Gasteiger partial charge in [-0.15, -0.1) is 0 Å². The number of benzene rings is 2. The van der Waals surface area contributed by atoms with Crippen molar-refractivity contribution in [2.24, 2.45) is 0 Å². The Morgan fingerprint density at radius 1 is 1.07 bits per heavy atom. The van der Waals surface area contributed by atoms with Gasteiger partial charge in [0.2, 0.25) is 11.4 Å². The molecular weight excluding hydrogens is 398 g/mol. The molecule has 1 heterocycles. The number of para-hydroxylation sites is 1. The first-order chi connectivity index (χ1) is 13.7. The van der Waals surface area contributed by atoms with Crippen LogP contribution in [0, 0.1) is 0 Å². The van der Waals surface area contributed by atoms with Gasteiger partial charge in [0, 0.05) is 12.5 Å². The maximum atomic E-state index is 13.1. The number of ketones is 1. The Balaban J connectivity index is 2.05. The van der Waals surface area contributed by atoms with Gasteiger partial charge in [0.15, 0.2) is 0 Å². The van der Waals surface area contributed by atoms with E-state index >= 15 is 0 Å². The fourth-order valence-electron chi connectivity index (χ4n) is 2.92. The van der Waals surface area contributed by atoms with Crippen LogP contribution in [0.4, 0.5) is 0 Å². The zero-order valence-corrected chi connectivity index (χ0v) is 16.8. The van der Waals surface area contributed by atoms with Crippen LogP contribution in [0.3, 0.4) is 0 Å². The first-order valence-corrected chi connectivity index (χ1v) is 10.0. The third kappa shape index (κ3) is 3.81. The molecule has 1 unspecified atom stereocenters. The first-order valence-electron chi connectivity index (χ1n) is 8.57. The number of rotatable bonds is 6. The van der Waals surface area contributed by atoms with E-state index < -0.39 is 39.0 Å². The third-order valence-electron chi connectivity index (χ3n) is 4.30. The Labute approximate surface area is 168 Å². The minimum Gasteiger partial charge on any atom is -0.496 e. The molecule has 2 aromatic carbocycles. The third-order valence-corrected chi connectivity index (χ3v) is 5.65. The maximum Gasteiger partial charge on any atom is 0.308 e. The van der Waals surface area contributed by atoms with Gasteiger partial charge < -0.3 is 14.2 Å². The monoisotopic (exact) mass is 417 g/mol. The van der Waals surface area contributed by atoms with E-state index in [1.54, 1.807) is 42.5 Å². The summed E-state index contributed by atoms with van der Waals surface area (Å²) in [6, 6.07) is 14.2. The zero-order valence-electron chi connectivity index (χ0n) is 16.0. The lowest BCUT2D eigenvalue weighted by Crippen LogP contribution is -2.33. The zero-order chi connectivity index (χ0) is 21.2. The van der Waals surface area contributed by atoms with Crippen LogP contribution in [0.2, 0.25) is 0 Å². The molecule has 0 amide bonds. The summed E-state index contributed by atoms with van der Waals surface area (Å²) < 4.78 is 43.6. The van der Waals surface area contributed by atoms with Gasteiger partial charge in [-0.25, -0.2) is 13.1 Å². The van der Waals surface area contributed by atoms with Crippen molar-refractivity contribution in [2.75, 3.05) is 7.11 Å². The Bertz CT molecular complexity index is 1090. The second-order valence-corrected chi connectivity index (χ2v) is 8.02. The van der Waals surface area contributed by atoms with Crippen LogP contribution >= 0.6 is 0 Å². The number of methoxy groups -OCH3 is 1. The van der Waals surface area contributed by atoms with Gasteiger partial charge in [0.05, 0.1) is 12.0 Å². The van der Waals surface area contributed by atoms with Crippen molar-refractivity contribution in [3.63, 3.8) is 0 Å². The van der Waals surface area contributed by atoms with Crippen molar-refractivity contribution >= 4 is 21.8 Å². The van der Waals surface area contributed by atoms with Crippen LogP contribution in [0.15, 0.2) is 71.1 Å². The largest absolute Gasteiger partial charge is 0.496 e. The molecule has 1 N–H and O–H groups in total. The summed E-state index contributed by atoms with van der Waals surface area (Å²) >= 11 is 0. The Morgan fingerprint density at radius 3 is 2.31 bits per heavy atom. The lowest BCUT2D eigenvalue weighted by atomic mass is 9.91. The fourth-order valence-corrected chi connectivity index (χ4v) is 3.93. The summed E-state index contributed by atoms with van der Waals surface area (Å²) in [7, 11) is -2.66. The normalized spacial score (nSPS) is 18.9. The summed E-state index contributed by atoms with van der Waals surface area (Å²) in [5, 5.41) is 0. The van der Waals surface area contributed by atoms with E-state index in [-0.39, 0.29) is 4.90 Å². The summed E-state index contributed by atoms with van der Waals surface area (Å²) in [6.07, 6.45) is 0. The molecule has 0 aliphatic carbocycles. The van der Waals surface area contributed by atoms with E-state index in [0.29, 0.717) is 11.3 Å². The van der Waals surface area contributed by atoms with Crippen LogP contribution in [-0.2, 0) is 34.7 Å². The minimum absolute atomic E-state index is 0.0448. The van der Waals surface area contributed by atoms with E-state index in [9.17, 15) is 18.0 Å². The van der Waals surface area contributed by atoms with Crippen molar-refractivity contribution in [1.82, 2.24) is 4.72 Å². The van der Waals surface area contributed by atoms with Gasteiger partial charge in [-0.3, -0.25) is 9.59 Å². The average Bonchev–Trinajstić information content (AvgIpc) is 2.93. The van der Waals surface area contributed by atoms with Crippen LogP contribution in [0.1, 0.15) is 19.4 Å². The molecule has 0 bridgehead atoms. The number of Topliss-reactive ketones (excluding diaryl/α,β-unsaturated/α-hetero) is 1. The highest BCUT2D eigenvalue weighted by Gasteiger charge is 2.51. The van der Waals surface area contributed by atoms with E-state index in [1.807, 2.05) is 0 Å². The number of carbonyl (C=O) groups is 2. The minimum atomic E-state index is -4.09. The first kappa shape index (κ1) is 20.4. The quantitative estimate of drug-likeness (QED) is 0.718. The van der Waals surface area contributed by atoms with Crippen molar-refractivity contribution in [1.29, 1.82) is 0 Å². The lowest BCUT2D eigenvalue weighted by Gasteiger charge is -2.25. The molecule has 1 aliphatic heterocycles. The van der Waals surface area contributed by atoms with E-state index in [2.05, 4.69) is 4.72 Å². The highest BCUT2D eigenvalue weighted by Crippen LogP contribution is 2.42. The van der Waals surface area contributed by atoms with Gasteiger partial charge in [0.1, 0.15) is 5.75 Å². The molecule has 8 nitrogen and oxygen atoms in total. The molecule has 3 rings (SSSR count). The number of sulfonamides is 1. The highest BCUT2D eigenvalue weighted by atomic mass is 32.2. The van der Waals surface area contributed by atoms with Gasteiger partial charge in [-0.05, 0) is 25.1 Å². The number of nitrogens with one attached hydrogen (secondary N) is 1. The summed E-state index contributed by atoms with van der Waals surface area (Å²) in [4.78, 5) is 24.6. The predicted molar refractivity (Wildman–Crippen MR) is 102 cm³/mol. The molecule has 9 heteroatoms. The Morgan fingerprint density at radius 2 is 1.69 bits per heavy atom. The molecular formula is C20H19NO7S. The summed E-state index contributed by atoms with van der Waals surface area (Å²) in [5.41, 5.74) is -1.31. The van der Waals surface area contributed by atoms with E-state index in [4.69, 9.17) is 14.2 Å². The highest BCUT2D eigenvalue weighted by molar-refractivity contribution is 7.89. The van der Waals surface area contributed by atoms with Gasteiger partial charge in [-0.2, -0.15) is 0 Å². The van der Waals surface area contributed by atoms with Crippen molar-refractivity contribution < 1.29 is 32.2 Å². The number of hydrogen-bond donors (Lipinski definition) is 1. The van der Waals surface area contributed by atoms with Crippen LogP contribution in [0.5, 0.6) is 5.75 Å². The van der Waals surface area contributed by atoms with Gasteiger partial charge in [0.25, 0.3) is 21.7 Å². The van der Waals surface area contributed by atoms with E-state index in [1.165, 1.54) is 26.2 Å². The second kappa shape index (κ2) is 7.59. The van der Waals surface area contributed by atoms with Crippen molar-refractivity contribution in [3.05, 3.63) is 71.8 Å². The lowest BCUT2D eigenvalue weighted by molar-refractivity contribution is -0.142. The van der Waals surface area contributed by atoms with Crippen LogP contribution < -0.4 is 9.46 Å². The number of ether oxygens (including phenoxy) is 3. The van der Waals surface area contributed by atoms with Crippen molar-refractivity contribution in [3.8, 4) is 5.75 Å². The van der Waals surface area contributed by atoms with Crippen molar-refractivity contribution in [2.45, 2.75) is 24.3 Å². The fraction of sp³-hybridized carbons (Fsp3) is 0.200. The SMILES string of the molecule is COc1ccccc1C1(C)OC(NS(=O)(=O)c2ccccc2)=C(OC(C)=O)C1=O. The summed E-state index contributed by atoms with van der Waals surface area (Å²) in [6.45, 7) is 2.54. The maximum absolute atomic E-state index is 13.1. The molecule has 0 saturated carbocycles. The smallest absolute Gasteiger partial charge is 0.308 e. The topological polar surface area (TPSA) is 108 Å². The second-order valence-electron chi connectivity index (χ2n) is 6.34.